The molecule has 6 nitrogen and oxygen atoms in total. The maximum absolute atomic E-state index is 13.0. The number of thioether (sulfide) groups is 1. The van der Waals surface area contributed by atoms with Crippen molar-refractivity contribution >= 4 is 56.2 Å². The fourth-order valence-corrected chi connectivity index (χ4v) is 5.58. The van der Waals surface area contributed by atoms with Gasteiger partial charge in [-0.05, 0) is 42.6 Å². The molecule has 0 aliphatic heterocycles. The van der Waals surface area contributed by atoms with E-state index < -0.39 is 5.25 Å². The Morgan fingerprint density at radius 2 is 2.00 bits per heavy atom. The predicted octanol–water partition coefficient (Wildman–Crippen LogP) is 4.85. The molecule has 0 radical (unpaired) electrons. The second-order valence-electron chi connectivity index (χ2n) is 6.54. The minimum absolute atomic E-state index is 0.102. The van der Waals surface area contributed by atoms with Crippen molar-refractivity contribution in [2.24, 2.45) is 7.05 Å². The third-order valence-corrected chi connectivity index (χ3v) is 7.49. The Hall–Kier alpha value is -2.62. The van der Waals surface area contributed by atoms with E-state index in [0.717, 1.165) is 16.2 Å². The molecular weight excluding hydrogens is 438 g/mol. The number of ether oxygens (including phenoxy) is 1. The Morgan fingerprint density at radius 3 is 2.67 bits per heavy atom. The minimum atomic E-state index is -0.431. The summed E-state index contributed by atoms with van der Waals surface area (Å²) in [6.45, 7) is 1.80. The van der Waals surface area contributed by atoms with Crippen LogP contribution >= 0.6 is 34.4 Å². The maximum Gasteiger partial charge on any atom is 0.263 e. The maximum atomic E-state index is 13.0. The zero-order valence-corrected chi connectivity index (χ0v) is 19.0. The molecule has 1 aromatic carbocycles. The Bertz CT molecular complexity index is 1240. The van der Waals surface area contributed by atoms with Gasteiger partial charge in [0.15, 0.2) is 5.16 Å². The van der Waals surface area contributed by atoms with Gasteiger partial charge in [-0.25, -0.2) is 4.98 Å². The molecule has 0 bridgehead atoms. The molecule has 0 aliphatic rings. The fourth-order valence-electron chi connectivity index (χ4n) is 2.90. The average molecular weight is 458 g/mol. The highest BCUT2D eigenvalue weighted by molar-refractivity contribution is 8.00. The molecule has 154 valence electrons. The molecule has 4 aromatic rings. The van der Waals surface area contributed by atoms with Gasteiger partial charge in [0, 0.05) is 28.6 Å². The molecule has 3 aromatic heterocycles. The van der Waals surface area contributed by atoms with Crippen molar-refractivity contribution in [3.63, 3.8) is 0 Å². The van der Waals surface area contributed by atoms with Gasteiger partial charge in [-0.15, -0.1) is 22.7 Å². The smallest absolute Gasteiger partial charge is 0.263 e. The summed E-state index contributed by atoms with van der Waals surface area (Å²) in [7, 11) is 3.29. The minimum Gasteiger partial charge on any atom is -0.497 e. The molecule has 4 rings (SSSR count). The molecule has 1 unspecified atom stereocenters. The molecule has 1 amide bonds. The summed E-state index contributed by atoms with van der Waals surface area (Å²) in [6, 6.07) is 11.1. The van der Waals surface area contributed by atoms with Crippen LogP contribution in [0.15, 0.2) is 57.1 Å². The standard InChI is InChI=1S/C21H19N3O3S3/c1-12(18(25)22-13-6-8-14(27-3)9-7-13)30-21-23-19-17(20(26)24(21)2)15(11-29-19)16-5-4-10-28-16/h4-12H,1-3H3,(H,22,25). The monoisotopic (exact) mass is 457 g/mol. The number of hydrogen-bond acceptors (Lipinski definition) is 7. The summed E-state index contributed by atoms with van der Waals surface area (Å²) in [5.74, 6) is 0.561. The summed E-state index contributed by atoms with van der Waals surface area (Å²) in [6.07, 6.45) is 0. The Kier molecular flexibility index (Phi) is 5.94. The molecule has 0 aliphatic carbocycles. The molecule has 30 heavy (non-hydrogen) atoms. The van der Waals surface area contributed by atoms with Crippen LogP contribution in [-0.4, -0.2) is 27.8 Å². The first kappa shape index (κ1) is 20.6. The van der Waals surface area contributed by atoms with Crippen molar-refractivity contribution in [1.29, 1.82) is 0 Å². The summed E-state index contributed by atoms with van der Waals surface area (Å²) < 4.78 is 6.65. The summed E-state index contributed by atoms with van der Waals surface area (Å²) in [4.78, 5) is 32.1. The fraction of sp³-hybridized carbons (Fsp3) is 0.190. The molecule has 0 saturated carbocycles. The first-order valence-corrected chi connectivity index (χ1v) is 11.8. The first-order chi connectivity index (χ1) is 14.5. The summed E-state index contributed by atoms with van der Waals surface area (Å²) in [5, 5.41) is 7.56. The third kappa shape index (κ3) is 4.00. The topological polar surface area (TPSA) is 73.2 Å². The molecule has 0 fully saturated rings. The van der Waals surface area contributed by atoms with E-state index in [4.69, 9.17) is 4.74 Å². The molecule has 0 saturated heterocycles. The second-order valence-corrected chi connectivity index (χ2v) is 9.66. The van der Waals surface area contributed by atoms with Gasteiger partial charge in [0.1, 0.15) is 10.6 Å². The highest BCUT2D eigenvalue weighted by Crippen LogP contribution is 2.35. The number of carbonyl (C=O) groups is 1. The van der Waals surface area contributed by atoms with E-state index in [0.29, 0.717) is 21.1 Å². The number of hydrogen-bond donors (Lipinski definition) is 1. The number of thiophene rings is 2. The van der Waals surface area contributed by atoms with Gasteiger partial charge < -0.3 is 10.1 Å². The number of benzene rings is 1. The average Bonchev–Trinajstić information content (AvgIpc) is 3.42. The lowest BCUT2D eigenvalue weighted by Gasteiger charge is -2.14. The van der Waals surface area contributed by atoms with E-state index in [1.54, 1.807) is 56.7 Å². The van der Waals surface area contributed by atoms with Crippen LogP contribution in [0.4, 0.5) is 5.69 Å². The van der Waals surface area contributed by atoms with Gasteiger partial charge in [-0.3, -0.25) is 14.2 Å². The van der Waals surface area contributed by atoms with Crippen LogP contribution < -0.4 is 15.6 Å². The number of aromatic nitrogens is 2. The van der Waals surface area contributed by atoms with Gasteiger partial charge in [-0.2, -0.15) is 0 Å². The molecule has 1 atom stereocenters. The lowest BCUT2D eigenvalue weighted by atomic mass is 10.2. The molecule has 9 heteroatoms. The normalized spacial score (nSPS) is 12.1. The van der Waals surface area contributed by atoms with Crippen LogP contribution in [-0.2, 0) is 11.8 Å². The number of nitrogens with zero attached hydrogens (tertiary/aromatic N) is 2. The lowest BCUT2D eigenvalue weighted by molar-refractivity contribution is -0.115. The van der Waals surface area contributed by atoms with E-state index in [-0.39, 0.29) is 11.5 Å². The molecular formula is C21H19N3O3S3. The first-order valence-electron chi connectivity index (χ1n) is 9.11. The molecule has 3 heterocycles. The zero-order chi connectivity index (χ0) is 21.3. The highest BCUT2D eigenvalue weighted by Gasteiger charge is 2.21. The van der Waals surface area contributed by atoms with Crippen LogP contribution in [0.1, 0.15) is 6.92 Å². The number of fused-ring (bicyclic) bond motifs is 1. The van der Waals surface area contributed by atoms with Crippen LogP contribution in [0.2, 0.25) is 0 Å². The summed E-state index contributed by atoms with van der Waals surface area (Å²) in [5.41, 5.74) is 1.50. The third-order valence-electron chi connectivity index (χ3n) is 4.57. The Balaban J connectivity index is 1.56. The van der Waals surface area contributed by atoms with Crippen molar-refractivity contribution in [2.45, 2.75) is 17.3 Å². The molecule has 0 spiro atoms. The SMILES string of the molecule is COc1ccc(NC(=O)C(C)Sc2nc3scc(-c4cccs4)c3c(=O)n2C)cc1. The Morgan fingerprint density at radius 1 is 1.23 bits per heavy atom. The van der Waals surface area contributed by atoms with Crippen molar-refractivity contribution in [2.75, 3.05) is 12.4 Å². The lowest BCUT2D eigenvalue weighted by Crippen LogP contribution is -2.25. The summed E-state index contributed by atoms with van der Waals surface area (Å²) >= 11 is 4.31. The van der Waals surface area contributed by atoms with E-state index in [9.17, 15) is 9.59 Å². The number of methoxy groups -OCH3 is 1. The predicted molar refractivity (Wildman–Crippen MR) is 125 cm³/mol. The van der Waals surface area contributed by atoms with Crippen molar-refractivity contribution in [3.05, 3.63) is 57.5 Å². The van der Waals surface area contributed by atoms with Crippen molar-refractivity contribution in [1.82, 2.24) is 9.55 Å². The largest absolute Gasteiger partial charge is 0.497 e. The van der Waals surface area contributed by atoms with Gasteiger partial charge >= 0.3 is 0 Å². The van der Waals surface area contributed by atoms with Gasteiger partial charge in [0.2, 0.25) is 5.91 Å². The number of amides is 1. The quantitative estimate of drug-likeness (QED) is 0.331. The number of carbonyl (C=O) groups excluding carboxylic acids is 1. The number of nitrogens with one attached hydrogen (secondary N) is 1. The van der Waals surface area contributed by atoms with Crippen molar-refractivity contribution < 1.29 is 9.53 Å². The van der Waals surface area contributed by atoms with Crippen LogP contribution in [0.25, 0.3) is 20.7 Å². The van der Waals surface area contributed by atoms with Crippen molar-refractivity contribution in [3.8, 4) is 16.2 Å². The van der Waals surface area contributed by atoms with Crippen LogP contribution in [0, 0.1) is 0 Å². The van der Waals surface area contributed by atoms with E-state index in [1.165, 1.54) is 27.7 Å². The Labute approximate surface area is 185 Å². The van der Waals surface area contributed by atoms with E-state index in [1.807, 2.05) is 22.9 Å². The van der Waals surface area contributed by atoms with Crippen LogP contribution in [0.3, 0.4) is 0 Å². The number of anilines is 1. The van der Waals surface area contributed by atoms with E-state index >= 15 is 0 Å². The molecule has 1 N–H and O–H groups in total. The zero-order valence-electron chi connectivity index (χ0n) is 16.5. The van der Waals surface area contributed by atoms with Gasteiger partial charge in [0.25, 0.3) is 5.56 Å². The van der Waals surface area contributed by atoms with Crippen LogP contribution in [0.5, 0.6) is 5.75 Å². The van der Waals surface area contributed by atoms with E-state index in [2.05, 4.69) is 10.3 Å². The van der Waals surface area contributed by atoms with Gasteiger partial charge in [0.05, 0.1) is 17.7 Å². The highest BCUT2D eigenvalue weighted by atomic mass is 32.2. The second kappa shape index (κ2) is 8.63. The number of rotatable bonds is 6. The van der Waals surface area contributed by atoms with Gasteiger partial charge in [-0.1, -0.05) is 17.8 Å².